The van der Waals surface area contributed by atoms with E-state index in [0.29, 0.717) is 12.2 Å². The molecule has 1 amide bonds. The Morgan fingerprint density at radius 1 is 1.23 bits per heavy atom. The quantitative estimate of drug-likeness (QED) is 0.258. The van der Waals surface area contributed by atoms with Crippen molar-refractivity contribution in [1.82, 2.24) is 4.98 Å². The molecule has 2 atom stereocenters. The molecule has 1 aromatic heterocycles. The number of nitrogens with zero attached hydrogens (tertiary/aromatic N) is 3. The summed E-state index contributed by atoms with van der Waals surface area (Å²) in [5.74, 6) is -1.58. The lowest BCUT2D eigenvalue weighted by molar-refractivity contribution is -0.389. The molecule has 1 aromatic carbocycles. The number of benzene rings is 1. The average Bonchev–Trinajstić information content (AvgIpc) is 2.78. The number of carbonyl (C=O) groups excluding carboxylic acids is 2. The molecule has 2 heterocycles. The van der Waals surface area contributed by atoms with Gasteiger partial charge < -0.3 is 24.3 Å². The molecule has 0 spiro atoms. The maximum Gasteiger partial charge on any atom is 0.366 e. The van der Waals surface area contributed by atoms with E-state index in [4.69, 9.17) is 14.2 Å². The molecule has 0 fully saturated rings. The van der Waals surface area contributed by atoms with E-state index in [1.165, 1.54) is 12.1 Å². The molecule has 164 valence electrons. The summed E-state index contributed by atoms with van der Waals surface area (Å²) in [6.45, 7) is 4.27. The van der Waals surface area contributed by atoms with E-state index >= 15 is 0 Å². The monoisotopic (exact) mass is 429 g/mol. The maximum absolute atomic E-state index is 13.4. The van der Waals surface area contributed by atoms with Crippen LogP contribution in [0.15, 0.2) is 42.5 Å². The minimum atomic E-state index is -1.03. The molecule has 1 aliphatic heterocycles. The number of aromatic nitrogens is 1. The number of rotatable bonds is 9. The molecule has 1 aliphatic rings. The number of hydrogen-bond donors (Lipinski definition) is 0. The summed E-state index contributed by atoms with van der Waals surface area (Å²) in [6.07, 6.45) is -0.813. The fraction of sp³-hybridized carbons (Fsp3) is 0.381. The Labute approximate surface area is 178 Å². The van der Waals surface area contributed by atoms with Crippen molar-refractivity contribution < 1.29 is 28.7 Å². The number of pyridine rings is 1. The van der Waals surface area contributed by atoms with Gasteiger partial charge in [-0.05, 0) is 29.3 Å². The van der Waals surface area contributed by atoms with Crippen molar-refractivity contribution in [1.29, 1.82) is 0 Å². The largest absolute Gasteiger partial charge is 0.469 e. The lowest BCUT2D eigenvalue weighted by Crippen LogP contribution is -2.51. The van der Waals surface area contributed by atoms with Gasteiger partial charge >= 0.3 is 11.8 Å². The number of fused-ring (bicyclic) bond motifs is 1. The van der Waals surface area contributed by atoms with Crippen LogP contribution in [0.4, 0.5) is 11.6 Å². The van der Waals surface area contributed by atoms with Gasteiger partial charge in [-0.15, -0.1) is 0 Å². The highest BCUT2D eigenvalue weighted by Gasteiger charge is 2.45. The highest BCUT2D eigenvalue weighted by atomic mass is 16.6. The van der Waals surface area contributed by atoms with Gasteiger partial charge in [0.2, 0.25) is 6.10 Å². The smallest absolute Gasteiger partial charge is 0.366 e. The number of esters is 1. The second-order valence-electron chi connectivity index (χ2n) is 6.65. The Morgan fingerprint density at radius 3 is 2.61 bits per heavy atom. The van der Waals surface area contributed by atoms with Gasteiger partial charge in [-0.3, -0.25) is 9.69 Å². The topological polar surface area (TPSA) is 121 Å². The van der Waals surface area contributed by atoms with Crippen LogP contribution in [-0.4, -0.2) is 47.6 Å². The summed E-state index contributed by atoms with van der Waals surface area (Å²) in [4.78, 5) is 41.9. The molecule has 2 unspecified atom stereocenters. The highest BCUT2D eigenvalue weighted by Crippen LogP contribution is 2.40. The summed E-state index contributed by atoms with van der Waals surface area (Å²) in [5, 5.41) is 11.2. The van der Waals surface area contributed by atoms with Gasteiger partial charge in [-0.1, -0.05) is 37.3 Å². The molecule has 10 nitrogen and oxygen atoms in total. The van der Waals surface area contributed by atoms with Crippen LogP contribution >= 0.6 is 0 Å². The van der Waals surface area contributed by atoms with Crippen molar-refractivity contribution in [2.24, 2.45) is 0 Å². The van der Waals surface area contributed by atoms with Crippen LogP contribution in [-0.2, 0) is 19.1 Å². The van der Waals surface area contributed by atoms with E-state index in [2.05, 4.69) is 4.98 Å². The fourth-order valence-electron chi connectivity index (χ4n) is 3.24. The zero-order chi connectivity index (χ0) is 22.4. The Hall–Kier alpha value is -3.53. The molecule has 3 rings (SSSR count). The Balaban J connectivity index is 2.00. The first-order valence-corrected chi connectivity index (χ1v) is 9.92. The van der Waals surface area contributed by atoms with Gasteiger partial charge in [0.15, 0.2) is 5.75 Å². The van der Waals surface area contributed by atoms with E-state index in [0.717, 1.165) is 4.90 Å². The third-order valence-electron chi connectivity index (χ3n) is 4.70. The van der Waals surface area contributed by atoms with Gasteiger partial charge in [-0.2, -0.15) is 0 Å². The first kappa shape index (κ1) is 22.2. The Morgan fingerprint density at radius 2 is 1.97 bits per heavy atom. The normalized spacial score (nSPS) is 16.3. The standard InChI is InChI=1S/C21H23N3O7/c1-3-15(21(26)30-13-12-29-4-2)23-19-16(10-11-17(22-19)24(27)28)31-18(20(23)25)14-8-6-5-7-9-14/h5-11,15,18H,3-4,12-13H2,1-2H3. The van der Waals surface area contributed by atoms with Crippen molar-refractivity contribution in [2.45, 2.75) is 32.4 Å². The van der Waals surface area contributed by atoms with Crippen LogP contribution in [0, 0.1) is 10.1 Å². The minimum Gasteiger partial charge on any atom is -0.469 e. The number of anilines is 1. The van der Waals surface area contributed by atoms with Crippen LogP contribution < -0.4 is 9.64 Å². The second kappa shape index (κ2) is 9.98. The number of amides is 1. The van der Waals surface area contributed by atoms with Gasteiger partial charge in [0.25, 0.3) is 11.7 Å². The summed E-state index contributed by atoms with van der Waals surface area (Å²) in [5.41, 5.74) is 0.584. The maximum atomic E-state index is 13.4. The number of hydrogen-bond acceptors (Lipinski definition) is 8. The number of ether oxygens (including phenoxy) is 3. The van der Waals surface area contributed by atoms with E-state index in [-0.39, 0.29) is 31.2 Å². The average molecular weight is 429 g/mol. The molecule has 0 radical (unpaired) electrons. The third-order valence-corrected chi connectivity index (χ3v) is 4.70. The summed E-state index contributed by atoms with van der Waals surface area (Å²) >= 11 is 0. The fourth-order valence-corrected chi connectivity index (χ4v) is 3.24. The van der Waals surface area contributed by atoms with E-state index < -0.39 is 34.8 Å². The second-order valence-corrected chi connectivity index (χ2v) is 6.65. The molecule has 2 aromatic rings. The van der Waals surface area contributed by atoms with Crippen molar-refractivity contribution in [2.75, 3.05) is 24.7 Å². The molecule has 0 saturated heterocycles. The molecule has 0 aliphatic carbocycles. The lowest BCUT2D eigenvalue weighted by atomic mass is 10.0. The van der Waals surface area contributed by atoms with Crippen molar-refractivity contribution in [3.8, 4) is 5.75 Å². The predicted octanol–water partition coefficient (Wildman–Crippen LogP) is 2.81. The molecular weight excluding hydrogens is 406 g/mol. The van der Waals surface area contributed by atoms with E-state index in [1.54, 1.807) is 37.3 Å². The van der Waals surface area contributed by atoms with Crippen LogP contribution in [0.1, 0.15) is 31.9 Å². The van der Waals surface area contributed by atoms with Crippen molar-refractivity contribution >= 4 is 23.5 Å². The third kappa shape index (κ3) is 4.80. The number of carbonyl (C=O) groups is 2. The zero-order valence-corrected chi connectivity index (χ0v) is 17.2. The molecule has 0 N–H and O–H groups in total. The Bertz CT molecular complexity index is 951. The molecular formula is C21H23N3O7. The van der Waals surface area contributed by atoms with Crippen LogP contribution in [0.25, 0.3) is 0 Å². The molecule has 0 bridgehead atoms. The summed E-state index contributed by atoms with van der Waals surface area (Å²) < 4.78 is 16.3. The van der Waals surface area contributed by atoms with Gasteiger partial charge in [0.1, 0.15) is 12.6 Å². The molecule has 10 heteroatoms. The SMILES string of the molecule is CCOCCOC(=O)C(CC)N1C(=O)C(c2ccccc2)Oc2ccc([N+](=O)[O-])nc21. The lowest BCUT2D eigenvalue weighted by Gasteiger charge is -2.34. The summed E-state index contributed by atoms with van der Waals surface area (Å²) in [7, 11) is 0. The number of nitro groups is 1. The van der Waals surface area contributed by atoms with E-state index in [1.807, 2.05) is 6.92 Å². The van der Waals surface area contributed by atoms with Gasteiger partial charge in [0.05, 0.1) is 6.61 Å². The van der Waals surface area contributed by atoms with Crippen molar-refractivity contribution in [3.63, 3.8) is 0 Å². The van der Waals surface area contributed by atoms with Gasteiger partial charge in [-0.25, -0.2) is 4.79 Å². The molecule has 0 saturated carbocycles. The summed E-state index contributed by atoms with van der Waals surface area (Å²) in [6, 6.07) is 10.3. The zero-order valence-electron chi connectivity index (χ0n) is 17.2. The van der Waals surface area contributed by atoms with Crippen molar-refractivity contribution in [3.05, 3.63) is 58.1 Å². The van der Waals surface area contributed by atoms with E-state index in [9.17, 15) is 19.7 Å². The Kier molecular flexibility index (Phi) is 7.14. The highest BCUT2D eigenvalue weighted by molar-refractivity contribution is 6.04. The molecule has 31 heavy (non-hydrogen) atoms. The van der Waals surface area contributed by atoms with Gasteiger partial charge in [0, 0.05) is 18.2 Å². The van der Waals surface area contributed by atoms with Crippen LogP contribution in [0.5, 0.6) is 5.75 Å². The first-order chi connectivity index (χ1) is 15.0. The first-order valence-electron chi connectivity index (χ1n) is 9.92. The van der Waals surface area contributed by atoms with Crippen LogP contribution in [0.3, 0.4) is 0 Å². The van der Waals surface area contributed by atoms with Crippen LogP contribution in [0.2, 0.25) is 0 Å². The predicted molar refractivity (Wildman–Crippen MR) is 110 cm³/mol. The minimum absolute atomic E-state index is 0.0268.